The lowest BCUT2D eigenvalue weighted by atomic mass is 9.68. The Morgan fingerprint density at radius 3 is 1.05 bits per heavy atom. The molecular formula is C106H212O8. The maximum atomic E-state index is 10.4. The Hall–Kier alpha value is -0.320. The zero-order chi connectivity index (χ0) is 86.2. The molecule has 25 unspecified atom stereocenters. The number of unbranched alkanes of at least 4 members (excludes halogenated alkanes) is 2. The Balaban J connectivity index is 0.000000652. The van der Waals surface area contributed by atoms with Crippen molar-refractivity contribution in [2.24, 2.45) is 154 Å². The van der Waals surface area contributed by atoms with Crippen LogP contribution in [0.3, 0.4) is 0 Å². The summed E-state index contributed by atoms with van der Waals surface area (Å²) in [5, 5.41) is 80.6. The first-order valence-corrected chi connectivity index (χ1v) is 51.5. The summed E-state index contributed by atoms with van der Waals surface area (Å²) in [6, 6.07) is 0. The van der Waals surface area contributed by atoms with E-state index in [1.807, 2.05) is 0 Å². The molecule has 684 valence electrons. The fraction of sp³-hybridized carbons (Fsp3) is 1.00. The van der Waals surface area contributed by atoms with Crippen molar-refractivity contribution in [3.05, 3.63) is 0 Å². The quantitative estimate of drug-likeness (QED) is 0.0330. The second-order valence-corrected chi connectivity index (χ2v) is 43.4. The van der Waals surface area contributed by atoms with Crippen LogP contribution in [0.4, 0.5) is 0 Å². The predicted molar refractivity (Wildman–Crippen MR) is 499 cm³/mol. The Kier molecular flexibility index (Phi) is 63.1. The molecule has 0 aromatic heterocycles. The predicted octanol–water partition coefficient (Wildman–Crippen LogP) is 29.4. The lowest BCUT2D eigenvalue weighted by Crippen LogP contribution is -2.39. The Morgan fingerprint density at radius 1 is 0.237 bits per heavy atom. The highest BCUT2D eigenvalue weighted by Gasteiger charge is 2.39. The molecule has 8 aliphatic carbocycles. The molecule has 0 radical (unpaired) electrons. The highest BCUT2D eigenvalue weighted by molar-refractivity contribution is 4.90. The van der Waals surface area contributed by atoms with Gasteiger partial charge in [0.15, 0.2) is 0 Å². The summed E-state index contributed by atoms with van der Waals surface area (Å²) in [6.07, 6.45) is 56.8. The molecule has 0 spiro atoms. The Bertz CT molecular complexity index is 2080. The lowest BCUT2D eigenvalue weighted by Gasteiger charge is -2.40. The summed E-state index contributed by atoms with van der Waals surface area (Å²) in [7, 11) is 0. The van der Waals surface area contributed by atoms with Gasteiger partial charge >= 0.3 is 0 Å². The van der Waals surface area contributed by atoms with E-state index < -0.39 is 0 Å². The Labute approximate surface area is 714 Å². The molecule has 8 nitrogen and oxygen atoms in total. The van der Waals surface area contributed by atoms with Crippen LogP contribution in [0.2, 0.25) is 0 Å². The molecule has 0 amide bonds. The maximum Gasteiger partial charge on any atom is 0.0601 e. The van der Waals surface area contributed by atoms with E-state index in [1.54, 1.807) is 0 Å². The van der Waals surface area contributed by atoms with Gasteiger partial charge in [-0.25, -0.2) is 0 Å². The SMILES string of the molecule is CC(C)CC1CCC(CC(C)C)C(O)C1.CC(C)CC1CCC(O)C(CC(C)C)C1.CC(C)CC1CCCC(CC(C)C)C1O.CCC(C)C1CCC(O)C(C(C)CC)C1.CCC(C)C1CCCC(C(C)CC)C1O.CCCC1CCC(O)C(CC)C1.CCCC1CCCC(O)C1CC.CCCCC1CCCC(CCCC)C1O. The largest absolute Gasteiger partial charge is 0.393 e. The fourth-order valence-corrected chi connectivity index (χ4v) is 23.4. The van der Waals surface area contributed by atoms with Gasteiger partial charge in [-0.1, -0.05) is 296 Å². The van der Waals surface area contributed by atoms with Crippen molar-refractivity contribution >= 4 is 0 Å². The van der Waals surface area contributed by atoms with E-state index in [9.17, 15) is 40.9 Å². The van der Waals surface area contributed by atoms with Crippen LogP contribution in [-0.2, 0) is 0 Å². The molecule has 0 saturated heterocycles. The third-order valence-electron chi connectivity index (χ3n) is 30.9. The third kappa shape index (κ3) is 45.4. The fourth-order valence-electron chi connectivity index (χ4n) is 23.4. The summed E-state index contributed by atoms with van der Waals surface area (Å²) in [4.78, 5) is 0. The summed E-state index contributed by atoms with van der Waals surface area (Å²) in [5.41, 5.74) is 0. The minimum absolute atomic E-state index is 0.000278. The van der Waals surface area contributed by atoms with E-state index in [1.165, 1.54) is 250 Å². The third-order valence-corrected chi connectivity index (χ3v) is 30.9. The van der Waals surface area contributed by atoms with Crippen LogP contribution in [0.15, 0.2) is 0 Å². The van der Waals surface area contributed by atoms with Crippen LogP contribution < -0.4 is 0 Å². The van der Waals surface area contributed by atoms with Gasteiger partial charge in [-0.2, -0.15) is 0 Å². The first-order valence-electron chi connectivity index (χ1n) is 51.5. The van der Waals surface area contributed by atoms with Gasteiger partial charge in [0.25, 0.3) is 0 Å². The van der Waals surface area contributed by atoms with Crippen LogP contribution in [-0.4, -0.2) is 89.7 Å². The van der Waals surface area contributed by atoms with Crippen LogP contribution >= 0.6 is 0 Å². The second-order valence-electron chi connectivity index (χ2n) is 43.4. The van der Waals surface area contributed by atoms with Gasteiger partial charge in [-0.3, -0.25) is 0 Å². The van der Waals surface area contributed by atoms with Gasteiger partial charge in [-0.05, 0) is 334 Å². The van der Waals surface area contributed by atoms with Crippen molar-refractivity contribution in [2.75, 3.05) is 0 Å². The van der Waals surface area contributed by atoms with E-state index in [0.717, 1.165) is 116 Å². The summed E-state index contributed by atoms with van der Waals surface area (Å²) in [6.45, 7) is 58.9. The minimum Gasteiger partial charge on any atom is -0.393 e. The molecule has 0 bridgehead atoms. The van der Waals surface area contributed by atoms with Crippen molar-refractivity contribution < 1.29 is 40.9 Å². The maximum absolute atomic E-state index is 10.4. The molecule has 25 atom stereocenters. The molecule has 8 heteroatoms. The van der Waals surface area contributed by atoms with Crippen LogP contribution in [0.25, 0.3) is 0 Å². The van der Waals surface area contributed by atoms with Gasteiger partial charge in [-0.15, -0.1) is 0 Å². The molecular weight excluding hydrogens is 1400 g/mol. The summed E-state index contributed by atoms with van der Waals surface area (Å²) >= 11 is 0. The standard InChI is InChI=1S/6C14H28O.2C11H22O/c1-10(2)7-12-5-6-14(15)13(9-12)8-11(3)4;1-10(2)7-12-5-6-13(8-11(3)4)14(15)9-12;1-10(2)8-12-6-5-7-13(14(12)15)9-11(3)4;1-5-10(3)12-7-8-14(15)13(9-12)11(4)6-2;1-5-10(3)12-8-7-9-13(14(12)15)11(4)6-2;1-3-5-8-12-10-7-11-13(14(12)15)9-6-4-2;1-3-6-9-7-5-8-11(12)10(9)4-2;1-3-5-9-6-7-11(12)10(4-2)8-9/h5*10-15H,5-9H2,1-4H3;12-15H,3-11H2,1-2H3;2*9-12H,3-8H2,1-2H3. The van der Waals surface area contributed by atoms with Crippen molar-refractivity contribution in [1.82, 2.24) is 0 Å². The van der Waals surface area contributed by atoms with E-state index in [4.69, 9.17) is 0 Å². The molecule has 8 fully saturated rings. The van der Waals surface area contributed by atoms with Gasteiger partial charge in [0, 0.05) is 0 Å². The van der Waals surface area contributed by atoms with Gasteiger partial charge < -0.3 is 40.9 Å². The molecule has 0 heterocycles. The molecule has 114 heavy (non-hydrogen) atoms. The van der Waals surface area contributed by atoms with Crippen LogP contribution in [0.5, 0.6) is 0 Å². The van der Waals surface area contributed by atoms with E-state index >= 15 is 0 Å². The van der Waals surface area contributed by atoms with Crippen molar-refractivity contribution in [2.45, 2.75) is 524 Å². The molecule has 8 rings (SSSR count). The second kappa shape index (κ2) is 64.4. The zero-order valence-corrected chi connectivity index (χ0v) is 81.7. The number of hydrogen-bond donors (Lipinski definition) is 8. The van der Waals surface area contributed by atoms with Crippen LogP contribution in [0.1, 0.15) is 475 Å². The number of rotatable bonds is 32. The Morgan fingerprint density at radius 2 is 0.614 bits per heavy atom. The highest BCUT2D eigenvalue weighted by Crippen LogP contribution is 2.45. The molecule has 8 saturated carbocycles. The van der Waals surface area contributed by atoms with Crippen molar-refractivity contribution in [3.63, 3.8) is 0 Å². The summed E-state index contributed by atoms with van der Waals surface area (Å²) in [5.74, 6) is 18.0. The summed E-state index contributed by atoms with van der Waals surface area (Å²) < 4.78 is 0. The van der Waals surface area contributed by atoms with E-state index in [0.29, 0.717) is 82.9 Å². The monoisotopic (exact) mass is 1610 g/mol. The smallest absolute Gasteiger partial charge is 0.0601 e. The normalized spacial score (nSPS) is 34.3. The number of hydrogen-bond acceptors (Lipinski definition) is 8. The highest BCUT2D eigenvalue weighted by atomic mass is 16.3. The first-order chi connectivity index (χ1) is 54.0. The van der Waals surface area contributed by atoms with Crippen molar-refractivity contribution in [3.8, 4) is 0 Å². The average molecular weight is 1610 g/mol. The van der Waals surface area contributed by atoms with Gasteiger partial charge in [0.05, 0.1) is 48.8 Å². The molecule has 8 N–H and O–H groups in total. The molecule has 0 aliphatic heterocycles. The topological polar surface area (TPSA) is 162 Å². The first kappa shape index (κ1) is 112. The molecule has 0 aromatic carbocycles. The lowest BCUT2D eigenvalue weighted by molar-refractivity contribution is -0.0271. The van der Waals surface area contributed by atoms with E-state index in [-0.39, 0.29) is 48.8 Å². The zero-order valence-electron chi connectivity index (χ0n) is 81.7. The minimum atomic E-state index is -0.0383. The number of aliphatic hydroxyl groups is 8. The molecule has 8 aliphatic rings. The van der Waals surface area contributed by atoms with Crippen molar-refractivity contribution in [1.29, 1.82) is 0 Å². The van der Waals surface area contributed by atoms with Gasteiger partial charge in [0.2, 0.25) is 0 Å². The average Bonchev–Trinajstić information content (AvgIpc) is 0.834. The van der Waals surface area contributed by atoms with E-state index in [2.05, 4.69) is 180 Å². The number of aliphatic hydroxyl groups excluding tert-OH is 8. The van der Waals surface area contributed by atoms with Gasteiger partial charge in [0.1, 0.15) is 0 Å². The molecule has 0 aromatic rings. The van der Waals surface area contributed by atoms with Crippen LogP contribution in [0, 0.1) is 154 Å².